The summed E-state index contributed by atoms with van der Waals surface area (Å²) in [6.07, 6.45) is 6.87. The van der Waals surface area contributed by atoms with Gasteiger partial charge in [0.1, 0.15) is 0 Å². The van der Waals surface area contributed by atoms with Gasteiger partial charge in [0.25, 0.3) is 0 Å². The standard InChI is InChI=1S/C24H48N3O6P/c1-7-19(16-22(28)31-4)25-10-13-34(14-11-26-20(8-2)17-23(29)32-5)15-12-27-21(9-3)18-24(30)33-6/h19-21,25-27H,7-18H2,1-6H3. The average molecular weight is 506 g/mol. The smallest absolute Gasteiger partial charge is 0.307 e. The van der Waals surface area contributed by atoms with Crippen molar-refractivity contribution in [2.24, 2.45) is 0 Å². The highest BCUT2D eigenvalue weighted by molar-refractivity contribution is 7.57. The Kier molecular flexibility index (Phi) is 20.2. The fraction of sp³-hybridized carbons (Fsp3) is 0.875. The molecule has 200 valence electrons. The van der Waals surface area contributed by atoms with Gasteiger partial charge in [0.05, 0.1) is 40.6 Å². The van der Waals surface area contributed by atoms with Crippen LogP contribution < -0.4 is 16.0 Å². The van der Waals surface area contributed by atoms with E-state index in [2.05, 4.69) is 36.7 Å². The first-order valence-corrected chi connectivity index (χ1v) is 14.4. The fourth-order valence-corrected chi connectivity index (χ4v) is 5.56. The van der Waals surface area contributed by atoms with E-state index in [-0.39, 0.29) is 44.0 Å². The topological polar surface area (TPSA) is 115 Å². The Labute approximate surface area is 207 Å². The van der Waals surface area contributed by atoms with E-state index < -0.39 is 0 Å². The molecule has 0 aliphatic carbocycles. The van der Waals surface area contributed by atoms with E-state index in [1.165, 1.54) is 21.3 Å². The molecule has 0 bridgehead atoms. The zero-order valence-corrected chi connectivity index (χ0v) is 23.0. The second-order valence-electron chi connectivity index (χ2n) is 8.36. The molecule has 0 aromatic carbocycles. The van der Waals surface area contributed by atoms with Gasteiger partial charge < -0.3 is 30.2 Å². The van der Waals surface area contributed by atoms with Crippen LogP contribution in [-0.4, -0.2) is 95.5 Å². The van der Waals surface area contributed by atoms with Gasteiger partial charge in [0.15, 0.2) is 0 Å². The minimum Gasteiger partial charge on any atom is -0.469 e. The molecule has 3 atom stereocenters. The number of carbonyl (C=O) groups excluding carboxylic acids is 3. The van der Waals surface area contributed by atoms with E-state index in [4.69, 9.17) is 14.2 Å². The number of hydrogen-bond acceptors (Lipinski definition) is 9. The van der Waals surface area contributed by atoms with Crippen molar-refractivity contribution < 1.29 is 28.6 Å². The van der Waals surface area contributed by atoms with E-state index in [0.717, 1.165) is 57.4 Å². The van der Waals surface area contributed by atoms with Gasteiger partial charge in [-0.2, -0.15) is 0 Å². The van der Waals surface area contributed by atoms with Crippen molar-refractivity contribution in [3.8, 4) is 0 Å². The molecule has 0 fully saturated rings. The zero-order chi connectivity index (χ0) is 25.8. The molecule has 0 radical (unpaired) electrons. The van der Waals surface area contributed by atoms with E-state index in [0.29, 0.717) is 19.3 Å². The first kappa shape index (κ1) is 32.7. The Bertz CT molecular complexity index is 491. The Hall–Kier alpha value is -1.28. The second-order valence-corrected chi connectivity index (χ2v) is 11.0. The van der Waals surface area contributed by atoms with Gasteiger partial charge >= 0.3 is 17.9 Å². The number of rotatable bonds is 21. The van der Waals surface area contributed by atoms with Gasteiger partial charge in [-0.15, -0.1) is 7.92 Å². The van der Waals surface area contributed by atoms with Crippen molar-refractivity contribution in [2.45, 2.75) is 77.4 Å². The van der Waals surface area contributed by atoms with Crippen molar-refractivity contribution in [2.75, 3.05) is 59.4 Å². The third-order valence-electron chi connectivity index (χ3n) is 5.98. The third-order valence-corrected chi connectivity index (χ3v) is 8.55. The number of ether oxygens (including phenoxy) is 3. The van der Waals surface area contributed by atoms with E-state index >= 15 is 0 Å². The molecule has 0 aliphatic rings. The first-order valence-electron chi connectivity index (χ1n) is 12.5. The predicted molar refractivity (Wildman–Crippen MR) is 138 cm³/mol. The predicted octanol–water partition coefficient (Wildman–Crippen LogP) is 2.26. The molecule has 10 heteroatoms. The maximum atomic E-state index is 11.6. The summed E-state index contributed by atoms with van der Waals surface area (Å²) >= 11 is 0. The summed E-state index contributed by atoms with van der Waals surface area (Å²) in [6, 6.07) is 0.360. The summed E-state index contributed by atoms with van der Waals surface area (Å²) in [7, 11) is 3.98. The zero-order valence-electron chi connectivity index (χ0n) is 22.1. The molecule has 0 aromatic heterocycles. The van der Waals surface area contributed by atoms with E-state index in [1.807, 2.05) is 0 Å². The minimum atomic E-state index is -0.276. The molecule has 0 spiro atoms. The van der Waals surface area contributed by atoms with Gasteiger partial charge in [0, 0.05) is 18.1 Å². The molecule has 0 rings (SSSR count). The Morgan fingerprint density at radius 3 is 1.06 bits per heavy atom. The minimum absolute atomic E-state index is 0.120. The highest BCUT2D eigenvalue weighted by Gasteiger charge is 2.17. The number of esters is 3. The molecule has 0 amide bonds. The van der Waals surface area contributed by atoms with Crippen LogP contribution in [-0.2, 0) is 28.6 Å². The maximum Gasteiger partial charge on any atom is 0.307 e. The van der Waals surface area contributed by atoms with Crippen molar-refractivity contribution in [3.63, 3.8) is 0 Å². The SMILES string of the molecule is CCC(CC(=O)OC)NCCP(CCNC(CC)CC(=O)OC)CCNC(CC)CC(=O)OC. The summed E-state index contributed by atoms with van der Waals surface area (Å²) < 4.78 is 14.4. The lowest BCUT2D eigenvalue weighted by atomic mass is 10.1. The van der Waals surface area contributed by atoms with Crippen LogP contribution in [0.4, 0.5) is 0 Å². The lowest BCUT2D eigenvalue weighted by molar-refractivity contribution is -0.142. The van der Waals surface area contributed by atoms with Crippen LogP contribution in [0.2, 0.25) is 0 Å². The molecule has 34 heavy (non-hydrogen) atoms. The van der Waals surface area contributed by atoms with Gasteiger partial charge in [-0.3, -0.25) is 14.4 Å². The monoisotopic (exact) mass is 505 g/mol. The average Bonchev–Trinajstić information content (AvgIpc) is 2.85. The van der Waals surface area contributed by atoms with E-state index in [1.54, 1.807) is 0 Å². The summed E-state index contributed by atoms with van der Waals surface area (Å²) in [5.74, 6) is -0.577. The fourth-order valence-electron chi connectivity index (χ4n) is 3.55. The summed E-state index contributed by atoms with van der Waals surface area (Å²) in [6.45, 7) is 8.74. The summed E-state index contributed by atoms with van der Waals surface area (Å²) in [5, 5.41) is 10.5. The largest absolute Gasteiger partial charge is 0.469 e. The number of hydrogen-bond donors (Lipinski definition) is 3. The van der Waals surface area contributed by atoms with Crippen LogP contribution in [0.1, 0.15) is 59.3 Å². The number of nitrogens with one attached hydrogen (secondary N) is 3. The van der Waals surface area contributed by atoms with Gasteiger partial charge in [-0.05, 0) is 57.4 Å². The lowest BCUT2D eigenvalue weighted by Gasteiger charge is -2.24. The first-order chi connectivity index (χ1) is 16.3. The van der Waals surface area contributed by atoms with Gasteiger partial charge in [-0.25, -0.2) is 0 Å². The molecular formula is C24H48N3O6P. The number of methoxy groups -OCH3 is 3. The van der Waals surface area contributed by atoms with Crippen LogP contribution in [0.25, 0.3) is 0 Å². The van der Waals surface area contributed by atoms with Crippen LogP contribution in [0.5, 0.6) is 0 Å². The van der Waals surface area contributed by atoms with Crippen molar-refractivity contribution in [1.29, 1.82) is 0 Å². The van der Waals surface area contributed by atoms with Crippen LogP contribution in [0.3, 0.4) is 0 Å². The maximum absolute atomic E-state index is 11.6. The summed E-state index contributed by atoms with van der Waals surface area (Å²) in [4.78, 5) is 34.8. The highest BCUT2D eigenvalue weighted by atomic mass is 31.1. The normalized spacial score (nSPS) is 14.6. The van der Waals surface area contributed by atoms with Crippen LogP contribution in [0.15, 0.2) is 0 Å². The van der Waals surface area contributed by atoms with Crippen LogP contribution >= 0.6 is 7.92 Å². The molecule has 9 nitrogen and oxygen atoms in total. The van der Waals surface area contributed by atoms with Crippen molar-refractivity contribution in [3.05, 3.63) is 0 Å². The second kappa shape index (κ2) is 21.0. The molecule has 0 aromatic rings. The molecule has 0 saturated carbocycles. The van der Waals surface area contributed by atoms with Crippen LogP contribution in [0, 0.1) is 0 Å². The molecule has 0 aliphatic heterocycles. The molecular weight excluding hydrogens is 457 g/mol. The summed E-state index contributed by atoms with van der Waals surface area (Å²) in [5.41, 5.74) is 0. The Morgan fingerprint density at radius 1 is 0.588 bits per heavy atom. The van der Waals surface area contributed by atoms with Gasteiger partial charge in [-0.1, -0.05) is 20.8 Å². The molecule has 3 N–H and O–H groups in total. The Balaban J connectivity index is 4.75. The van der Waals surface area contributed by atoms with Gasteiger partial charge in [0.2, 0.25) is 0 Å². The molecule has 3 unspecified atom stereocenters. The quantitative estimate of drug-likeness (QED) is 0.123. The van der Waals surface area contributed by atoms with Crippen molar-refractivity contribution in [1.82, 2.24) is 16.0 Å². The highest BCUT2D eigenvalue weighted by Crippen LogP contribution is 2.33. The molecule has 0 saturated heterocycles. The lowest BCUT2D eigenvalue weighted by Crippen LogP contribution is -2.36. The van der Waals surface area contributed by atoms with E-state index in [9.17, 15) is 14.4 Å². The van der Waals surface area contributed by atoms with Crippen molar-refractivity contribution >= 4 is 25.8 Å². The Morgan fingerprint density at radius 2 is 0.853 bits per heavy atom. The third kappa shape index (κ3) is 16.4. The molecule has 0 heterocycles. The number of carbonyl (C=O) groups is 3.